The predicted octanol–water partition coefficient (Wildman–Crippen LogP) is 1.94. The Morgan fingerprint density at radius 3 is 2.91 bits per heavy atom. The minimum absolute atomic E-state index is 0.00602. The van der Waals surface area contributed by atoms with Crippen molar-refractivity contribution in [1.82, 2.24) is 15.0 Å². The molecule has 0 spiro atoms. The molecule has 1 aromatic carbocycles. The number of fused-ring (bicyclic) bond motifs is 1. The van der Waals surface area contributed by atoms with Crippen LogP contribution in [0.3, 0.4) is 0 Å². The highest BCUT2D eigenvalue weighted by molar-refractivity contribution is 7.92. The molecule has 3 aromatic rings. The van der Waals surface area contributed by atoms with Gasteiger partial charge in [-0.15, -0.1) is 0 Å². The lowest BCUT2D eigenvalue weighted by Crippen LogP contribution is -2.14. The molecule has 2 aromatic heterocycles. The largest absolute Gasteiger partial charge is 0.346 e. The van der Waals surface area contributed by atoms with Crippen molar-refractivity contribution in [3.8, 4) is 6.07 Å². The molecule has 0 aliphatic carbocycles. The lowest BCUT2D eigenvalue weighted by atomic mass is 10.2. The molecule has 7 nitrogen and oxygen atoms in total. The molecule has 110 valence electrons. The van der Waals surface area contributed by atoms with Crippen LogP contribution in [0.25, 0.3) is 11.0 Å². The number of anilines is 1. The fourth-order valence-corrected chi connectivity index (χ4v) is 3.18. The summed E-state index contributed by atoms with van der Waals surface area (Å²) in [6.45, 7) is 1.83. The summed E-state index contributed by atoms with van der Waals surface area (Å²) in [5.41, 5.74) is 1.66. The molecule has 0 saturated carbocycles. The van der Waals surface area contributed by atoms with Gasteiger partial charge in [-0.2, -0.15) is 5.26 Å². The zero-order chi connectivity index (χ0) is 15.7. The number of rotatable bonds is 3. The second kappa shape index (κ2) is 5.13. The first kappa shape index (κ1) is 14.0. The van der Waals surface area contributed by atoms with E-state index in [4.69, 9.17) is 5.26 Å². The van der Waals surface area contributed by atoms with Crippen LogP contribution in [0, 0.1) is 18.3 Å². The van der Waals surface area contributed by atoms with E-state index in [2.05, 4.69) is 19.7 Å². The molecule has 0 amide bonds. The minimum atomic E-state index is -3.84. The van der Waals surface area contributed by atoms with Crippen LogP contribution in [0.15, 0.2) is 41.7 Å². The van der Waals surface area contributed by atoms with Crippen LogP contribution in [-0.4, -0.2) is 23.4 Å². The number of aryl methyl sites for hydroxylation is 1. The van der Waals surface area contributed by atoms with E-state index in [-0.39, 0.29) is 16.3 Å². The summed E-state index contributed by atoms with van der Waals surface area (Å²) < 4.78 is 27.4. The van der Waals surface area contributed by atoms with Crippen molar-refractivity contribution in [1.29, 1.82) is 5.26 Å². The summed E-state index contributed by atoms with van der Waals surface area (Å²) in [4.78, 5) is 11.0. The molecule has 3 rings (SSSR count). The molecule has 0 aliphatic rings. The number of aromatic amines is 1. The molecular weight excluding hydrogens is 302 g/mol. The van der Waals surface area contributed by atoms with Gasteiger partial charge < -0.3 is 4.98 Å². The fraction of sp³-hybridized carbons (Fsp3) is 0.0714. The molecule has 0 fully saturated rings. The molecule has 0 aliphatic heterocycles. The van der Waals surface area contributed by atoms with Crippen LogP contribution in [0.4, 0.5) is 5.82 Å². The number of hydrogen-bond donors (Lipinski definition) is 2. The molecule has 22 heavy (non-hydrogen) atoms. The number of hydrogen-bond acceptors (Lipinski definition) is 5. The van der Waals surface area contributed by atoms with Gasteiger partial charge in [-0.1, -0.05) is 6.07 Å². The van der Waals surface area contributed by atoms with Crippen LogP contribution < -0.4 is 4.72 Å². The summed E-state index contributed by atoms with van der Waals surface area (Å²) in [7, 11) is -3.84. The number of nitrogens with zero attached hydrogens (tertiary/aromatic N) is 3. The van der Waals surface area contributed by atoms with Gasteiger partial charge in [0.2, 0.25) is 0 Å². The van der Waals surface area contributed by atoms with E-state index in [1.54, 1.807) is 6.20 Å². The summed E-state index contributed by atoms with van der Waals surface area (Å²) >= 11 is 0. The summed E-state index contributed by atoms with van der Waals surface area (Å²) in [6, 6.07) is 7.71. The van der Waals surface area contributed by atoms with Gasteiger partial charge in [0.15, 0.2) is 5.82 Å². The number of nitrogens with one attached hydrogen (secondary N) is 2. The molecule has 0 radical (unpaired) electrons. The SMILES string of the molecule is Cc1c[nH]c2ncnc(NS(=O)(=O)c3cccc(C#N)c3)c12. The Morgan fingerprint density at radius 2 is 2.14 bits per heavy atom. The van der Waals surface area contributed by atoms with Gasteiger partial charge in [0.1, 0.15) is 12.0 Å². The number of sulfonamides is 1. The molecule has 0 saturated heterocycles. The van der Waals surface area contributed by atoms with Crippen molar-refractivity contribution >= 4 is 26.9 Å². The Balaban J connectivity index is 2.07. The Kier molecular flexibility index (Phi) is 3.27. The third-order valence-electron chi connectivity index (χ3n) is 3.17. The number of aromatic nitrogens is 3. The molecular formula is C14H11N5O2S. The van der Waals surface area contributed by atoms with Crippen LogP contribution >= 0.6 is 0 Å². The van der Waals surface area contributed by atoms with E-state index < -0.39 is 10.0 Å². The van der Waals surface area contributed by atoms with E-state index in [0.717, 1.165) is 5.56 Å². The van der Waals surface area contributed by atoms with Crippen LogP contribution in [0.5, 0.6) is 0 Å². The highest BCUT2D eigenvalue weighted by atomic mass is 32.2. The Hall–Kier alpha value is -2.92. The third kappa shape index (κ3) is 2.38. The molecule has 0 bridgehead atoms. The van der Waals surface area contributed by atoms with Gasteiger partial charge in [-0.05, 0) is 30.7 Å². The quantitative estimate of drug-likeness (QED) is 0.767. The van der Waals surface area contributed by atoms with Crippen LogP contribution in [0.2, 0.25) is 0 Å². The first-order valence-electron chi connectivity index (χ1n) is 6.33. The Bertz CT molecular complexity index is 1000. The van der Waals surface area contributed by atoms with E-state index in [1.165, 1.54) is 30.6 Å². The van der Waals surface area contributed by atoms with Gasteiger partial charge >= 0.3 is 0 Å². The standard InChI is InChI=1S/C14H11N5O2S/c1-9-7-16-13-12(9)14(18-8-17-13)19-22(20,21)11-4-2-3-10(5-11)6-15/h2-5,7-8H,1H3,(H2,16,17,18,19). The molecule has 2 N–H and O–H groups in total. The van der Waals surface area contributed by atoms with Crippen molar-refractivity contribution in [2.24, 2.45) is 0 Å². The highest BCUT2D eigenvalue weighted by Gasteiger charge is 2.18. The zero-order valence-corrected chi connectivity index (χ0v) is 12.3. The Morgan fingerprint density at radius 1 is 1.32 bits per heavy atom. The first-order chi connectivity index (χ1) is 10.5. The van der Waals surface area contributed by atoms with Crippen molar-refractivity contribution in [2.75, 3.05) is 4.72 Å². The predicted molar refractivity (Wildman–Crippen MR) is 80.6 cm³/mol. The van der Waals surface area contributed by atoms with Crippen molar-refractivity contribution in [3.05, 3.63) is 47.9 Å². The first-order valence-corrected chi connectivity index (χ1v) is 7.81. The minimum Gasteiger partial charge on any atom is -0.346 e. The van der Waals surface area contributed by atoms with Gasteiger partial charge in [-0.25, -0.2) is 18.4 Å². The summed E-state index contributed by atoms with van der Waals surface area (Å²) in [6.07, 6.45) is 3.01. The van der Waals surface area contributed by atoms with Crippen LogP contribution in [0.1, 0.15) is 11.1 Å². The van der Waals surface area contributed by atoms with Gasteiger partial charge in [0, 0.05) is 6.20 Å². The number of benzene rings is 1. The molecule has 0 atom stereocenters. The fourth-order valence-electron chi connectivity index (χ4n) is 2.11. The summed E-state index contributed by atoms with van der Waals surface area (Å²) in [5, 5.41) is 9.49. The monoisotopic (exact) mass is 313 g/mol. The van der Waals surface area contributed by atoms with E-state index in [9.17, 15) is 8.42 Å². The van der Waals surface area contributed by atoms with Crippen molar-refractivity contribution in [3.63, 3.8) is 0 Å². The van der Waals surface area contributed by atoms with E-state index >= 15 is 0 Å². The second-order valence-electron chi connectivity index (χ2n) is 4.66. The maximum Gasteiger partial charge on any atom is 0.263 e. The van der Waals surface area contributed by atoms with Crippen LogP contribution in [-0.2, 0) is 10.0 Å². The zero-order valence-electron chi connectivity index (χ0n) is 11.5. The van der Waals surface area contributed by atoms with Gasteiger partial charge in [-0.3, -0.25) is 4.72 Å². The molecule has 2 heterocycles. The summed E-state index contributed by atoms with van der Waals surface area (Å²) in [5.74, 6) is 0.200. The Labute approximate surface area is 126 Å². The van der Waals surface area contributed by atoms with Crippen molar-refractivity contribution in [2.45, 2.75) is 11.8 Å². The highest BCUT2D eigenvalue weighted by Crippen LogP contribution is 2.24. The average molecular weight is 313 g/mol. The van der Waals surface area contributed by atoms with Crippen molar-refractivity contribution < 1.29 is 8.42 Å². The number of H-pyrrole nitrogens is 1. The maximum atomic E-state index is 12.5. The molecule has 8 heteroatoms. The third-order valence-corrected chi connectivity index (χ3v) is 4.51. The maximum absolute atomic E-state index is 12.5. The van der Waals surface area contributed by atoms with Gasteiger partial charge in [0.05, 0.1) is 21.9 Å². The smallest absolute Gasteiger partial charge is 0.263 e. The van der Waals surface area contributed by atoms with E-state index in [0.29, 0.717) is 11.0 Å². The lowest BCUT2D eigenvalue weighted by Gasteiger charge is -2.08. The number of nitriles is 1. The normalized spacial score (nSPS) is 11.3. The second-order valence-corrected chi connectivity index (χ2v) is 6.35. The average Bonchev–Trinajstić information content (AvgIpc) is 2.90. The molecule has 0 unspecified atom stereocenters. The van der Waals surface area contributed by atoms with Gasteiger partial charge in [0.25, 0.3) is 10.0 Å². The van der Waals surface area contributed by atoms with E-state index in [1.807, 2.05) is 13.0 Å². The lowest BCUT2D eigenvalue weighted by molar-refractivity contribution is 0.601. The topological polar surface area (TPSA) is 112 Å².